The lowest BCUT2D eigenvalue weighted by molar-refractivity contribution is 0.373. The third-order valence-corrected chi connectivity index (χ3v) is 4.59. The Morgan fingerprint density at radius 2 is 1.91 bits per heavy atom. The van der Waals surface area contributed by atoms with Crippen molar-refractivity contribution in [1.29, 1.82) is 0 Å². The molecule has 23 heavy (non-hydrogen) atoms. The lowest BCUT2D eigenvalue weighted by Gasteiger charge is -2.07. The topological polar surface area (TPSA) is 88.0 Å². The predicted octanol–water partition coefficient (Wildman–Crippen LogP) is 2.33. The van der Waals surface area contributed by atoms with Gasteiger partial charge in [0.15, 0.2) is 11.5 Å². The number of benzene rings is 2. The lowest BCUT2D eigenvalue weighted by atomic mass is 10.2. The van der Waals surface area contributed by atoms with Crippen molar-refractivity contribution >= 4 is 16.2 Å². The Morgan fingerprint density at radius 1 is 1.17 bits per heavy atom. The fourth-order valence-corrected chi connectivity index (χ4v) is 3.13. The van der Waals surface area contributed by atoms with E-state index in [2.05, 4.69) is 9.93 Å². The minimum Gasteiger partial charge on any atom is -0.504 e. The lowest BCUT2D eigenvalue weighted by Crippen LogP contribution is -2.19. The van der Waals surface area contributed by atoms with Crippen LogP contribution < -0.4 is 9.57 Å². The number of sulfonamides is 1. The number of phenols is 1. The molecule has 6 nitrogen and oxygen atoms in total. The number of nitrogens with zero attached hydrogens (tertiary/aromatic N) is 1. The first-order valence-electron chi connectivity index (χ1n) is 6.82. The Bertz CT molecular complexity index is 845. The molecule has 2 rings (SSSR count). The van der Waals surface area contributed by atoms with Crippen LogP contribution in [0.15, 0.2) is 46.4 Å². The second-order valence-corrected chi connectivity index (χ2v) is 6.68. The molecule has 0 aliphatic rings. The molecule has 7 heteroatoms. The highest BCUT2D eigenvalue weighted by Crippen LogP contribution is 2.25. The molecule has 0 amide bonds. The second kappa shape index (κ2) is 6.70. The molecule has 0 heterocycles. The van der Waals surface area contributed by atoms with Gasteiger partial charge in [0.25, 0.3) is 10.0 Å². The van der Waals surface area contributed by atoms with Crippen LogP contribution in [0.5, 0.6) is 11.5 Å². The van der Waals surface area contributed by atoms with Gasteiger partial charge < -0.3 is 9.84 Å². The molecular formula is C16H18N2O4S. The van der Waals surface area contributed by atoms with Crippen LogP contribution in [-0.2, 0) is 10.0 Å². The van der Waals surface area contributed by atoms with Gasteiger partial charge in [-0.15, -0.1) is 0 Å². The summed E-state index contributed by atoms with van der Waals surface area (Å²) < 4.78 is 29.5. The number of hydrazone groups is 1. The van der Waals surface area contributed by atoms with Crippen molar-refractivity contribution in [2.45, 2.75) is 18.7 Å². The number of ether oxygens (including phenoxy) is 1. The Balaban J connectivity index is 2.19. The predicted molar refractivity (Wildman–Crippen MR) is 88.5 cm³/mol. The third-order valence-electron chi connectivity index (χ3n) is 3.22. The van der Waals surface area contributed by atoms with Crippen LogP contribution >= 0.6 is 0 Å². The van der Waals surface area contributed by atoms with Crippen molar-refractivity contribution in [2.24, 2.45) is 5.10 Å². The molecule has 2 aromatic rings. The Hall–Kier alpha value is -2.54. The molecule has 0 atom stereocenters. The summed E-state index contributed by atoms with van der Waals surface area (Å²) in [5.41, 5.74) is 2.02. The highest BCUT2D eigenvalue weighted by molar-refractivity contribution is 7.89. The van der Waals surface area contributed by atoms with E-state index in [0.717, 1.165) is 5.56 Å². The first-order chi connectivity index (χ1) is 10.8. The number of phenolic OH excluding ortho intramolecular Hbond substituents is 1. The minimum atomic E-state index is -3.74. The average Bonchev–Trinajstić information content (AvgIpc) is 2.49. The Kier molecular flexibility index (Phi) is 4.90. The summed E-state index contributed by atoms with van der Waals surface area (Å²) in [4.78, 5) is 2.36. The molecule has 0 saturated heterocycles. The number of methoxy groups -OCH3 is 1. The van der Waals surface area contributed by atoms with Crippen molar-refractivity contribution in [3.63, 3.8) is 0 Å². The first-order valence-corrected chi connectivity index (χ1v) is 8.31. The molecule has 0 fully saturated rings. The van der Waals surface area contributed by atoms with Crippen LogP contribution in [0.3, 0.4) is 0 Å². The molecule has 0 aromatic heterocycles. The van der Waals surface area contributed by atoms with Crippen molar-refractivity contribution in [2.75, 3.05) is 7.11 Å². The first kappa shape index (κ1) is 16.8. The van der Waals surface area contributed by atoms with Crippen LogP contribution in [0.2, 0.25) is 0 Å². The average molecular weight is 334 g/mol. The Labute approximate surface area is 135 Å². The molecule has 0 spiro atoms. The summed E-state index contributed by atoms with van der Waals surface area (Å²) in [5, 5.41) is 13.4. The van der Waals surface area contributed by atoms with Crippen molar-refractivity contribution in [3.8, 4) is 11.5 Å². The van der Waals surface area contributed by atoms with Crippen LogP contribution in [0, 0.1) is 13.8 Å². The van der Waals surface area contributed by atoms with E-state index in [9.17, 15) is 13.5 Å². The van der Waals surface area contributed by atoms with Gasteiger partial charge >= 0.3 is 0 Å². The largest absolute Gasteiger partial charge is 0.504 e. The Morgan fingerprint density at radius 3 is 2.57 bits per heavy atom. The third kappa shape index (κ3) is 4.01. The van der Waals surface area contributed by atoms with E-state index >= 15 is 0 Å². The maximum Gasteiger partial charge on any atom is 0.276 e. The molecule has 0 bridgehead atoms. The number of aromatic hydroxyl groups is 1. The molecule has 2 N–H and O–H groups in total. The SMILES string of the molecule is COc1ccc(/C=N\NS(=O)(=O)c2cc(C)ccc2C)cc1O. The summed E-state index contributed by atoms with van der Waals surface area (Å²) in [6, 6.07) is 9.82. The van der Waals surface area contributed by atoms with E-state index < -0.39 is 10.0 Å². The van der Waals surface area contributed by atoms with Gasteiger partial charge in [-0.05, 0) is 54.8 Å². The van der Waals surface area contributed by atoms with Gasteiger partial charge in [-0.25, -0.2) is 4.83 Å². The second-order valence-electron chi connectivity index (χ2n) is 5.05. The number of rotatable bonds is 5. The number of hydrogen-bond acceptors (Lipinski definition) is 5. The summed E-state index contributed by atoms with van der Waals surface area (Å²) in [6.07, 6.45) is 1.31. The van der Waals surface area contributed by atoms with Crippen LogP contribution in [0.4, 0.5) is 0 Å². The highest BCUT2D eigenvalue weighted by Gasteiger charge is 2.15. The van der Waals surface area contributed by atoms with E-state index in [1.54, 1.807) is 31.2 Å². The van der Waals surface area contributed by atoms with E-state index in [0.29, 0.717) is 16.9 Å². The fourth-order valence-electron chi connectivity index (χ4n) is 2.00. The summed E-state index contributed by atoms with van der Waals surface area (Å²) in [5.74, 6) is 0.284. The normalized spacial score (nSPS) is 11.6. The zero-order chi connectivity index (χ0) is 17.0. The molecule has 0 saturated carbocycles. The van der Waals surface area contributed by atoms with Gasteiger partial charge in [0, 0.05) is 0 Å². The van der Waals surface area contributed by atoms with Gasteiger partial charge in [0.1, 0.15) is 0 Å². The summed E-state index contributed by atoms with van der Waals surface area (Å²) in [6.45, 7) is 3.54. The van der Waals surface area contributed by atoms with Gasteiger partial charge in [0.2, 0.25) is 0 Å². The van der Waals surface area contributed by atoms with E-state index in [1.807, 2.05) is 13.0 Å². The van der Waals surface area contributed by atoms with E-state index in [-0.39, 0.29) is 10.6 Å². The van der Waals surface area contributed by atoms with Crippen LogP contribution in [0.25, 0.3) is 0 Å². The van der Waals surface area contributed by atoms with Crippen molar-refractivity contribution < 1.29 is 18.3 Å². The molecule has 2 aromatic carbocycles. The minimum absolute atomic E-state index is 0.0474. The van der Waals surface area contributed by atoms with E-state index in [4.69, 9.17) is 4.74 Å². The standard InChI is InChI=1S/C16H18N2O4S/c1-11-4-5-12(2)16(8-11)23(20,21)18-17-10-13-6-7-15(22-3)14(19)9-13/h4-10,18-19H,1-3H3/b17-10-. The molecule has 122 valence electrons. The van der Waals surface area contributed by atoms with Gasteiger partial charge in [-0.3, -0.25) is 0 Å². The summed E-state index contributed by atoms with van der Waals surface area (Å²) in [7, 11) is -2.30. The summed E-state index contributed by atoms with van der Waals surface area (Å²) >= 11 is 0. The monoisotopic (exact) mass is 334 g/mol. The maximum atomic E-state index is 12.3. The fraction of sp³-hybridized carbons (Fsp3) is 0.188. The van der Waals surface area contributed by atoms with Gasteiger partial charge in [-0.2, -0.15) is 13.5 Å². The number of nitrogens with one attached hydrogen (secondary N) is 1. The number of aryl methyl sites for hydroxylation is 2. The highest BCUT2D eigenvalue weighted by atomic mass is 32.2. The molecule has 0 aliphatic carbocycles. The smallest absolute Gasteiger partial charge is 0.276 e. The zero-order valence-electron chi connectivity index (χ0n) is 13.1. The van der Waals surface area contributed by atoms with Crippen molar-refractivity contribution in [1.82, 2.24) is 4.83 Å². The zero-order valence-corrected chi connectivity index (χ0v) is 13.9. The molecular weight excluding hydrogens is 316 g/mol. The van der Waals surface area contributed by atoms with Crippen LogP contribution in [0.1, 0.15) is 16.7 Å². The molecule has 0 radical (unpaired) electrons. The van der Waals surface area contributed by atoms with Gasteiger partial charge in [0.05, 0.1) is 18.2 Å². The van der Waals surface area contributed by atoms with E-state index in [1.165, 1.54) is 19.4 Å². The number of hydrogen-bond donors (Lipinski definition) is 2. The molecule has 0 unspecified atom stereocenters. The quantitative estimate of drug-likeness (QED) is 0.649. The maximum absolute atomic E-state index is 12.3. The van der Waals surface area contributed by atoms with Crippen molar-refractivity contribution in [3.05, 3.63) is 53.1 Å². The molecule has 0 aliphatic heterocycles. The van der Waals surface area contributed by atoms with Gasteiger partial charge in [-0.1, -0.05) is 12.1 Å². The van der Waals surface area contributed by atoms with Crippen LogP contribution in [-0.4, -0.2) is 26.8 Å².